The summed E-state index contributed by atoms with van der Waals surface area (Å²) in [6.07, 6.45) is 0. The SMILES string of the molecule is COC(=O)C1C(=O)NC(SCC(=O)Nc2ccccc2C)=C(C#N)C1c1ccc(Cl)cc1Cl. The number of halogens is 2. The number of anilines is 1. The Morgan fingerprint density at radius 3 is 2.61 bits per heavy atom. The van der Waals surface area contributed by atoms with Crippen LogP contribution in [-0.2, 0) is 19.1 Å². The van der Waals surface area contributed by atoms with Crippen molar-refractivity contribution in [1.29, 1.82) is 5.26 Å². The first-order valence-corrected chi connectivity index (χ1v) is 11.5. The normalized spacial score (nSPS) is 17.7. The Morgan fingerprint density at radius 1 is 1.24 bits per heavy atom. The standard InChI is InChI=1S/C23H19Cl2N3O4S/c1-12-5-3-4-6-17(12)27-18(29)11-33-22-15(10-26)19(14-8-7-13(24)9-16(14)25)20(21(30)28-22)23(31)32-2/h3-9,19-20H,11H2,1-2H3,(H,27,29)(H,28,30). The summed E-state index contributed by atoms with van der Waals surface area (Å²) in [6, 6.07) is 14.0. The molecule has 0 fully saturated rings. The Labute approximate surface area is 205 Å². The van der Waals surface area contributed by atoms with Crippen molar-refractivity contribution in [2.75, 3.05) is 18.2 Å². The Bertz CT molecular complexity index is 1190. The lowest BCUT2D eigenvalue weighted by molar-refractivity contribution is -0.150. The number of esters is 1. The van der Waals surface area contributed by atoms with Gasteiger partial charge in [-0.3, -0.25) is 14.4 Å². The van der Waals surface area contributed by atoms with Crippen LogP contribution in [0.5, 0.6) is 0 Å². The van der Waals surface area contributed by atoms with E-state index in [0.717, 1.165) is 24.4 Å². The van der Waals surface area contributed by atoms with E-state index in [1.165, 1.54) is 6.07 Å². The average molecular weight is 504 g/mol. The molecule has 33 heavy (non-hydrogen) atoms. The van der Waals surface area contributed by atoms with Crippen molar-refractivity contribution in [3.05, 3.63) is 74.2 Å². The molecule has 1 aliphatic rings. The first-order chi connectivity index (χ1) is 15.8. The predicted octanol–water partition coefficient (Wildman–Crippen LogP) is 4.41. The molecule has 0 aromatic heterocycles. The minimum Gasteiger partial charge on any atom is -0.468 e. The number of methoxy groups -OCH3 is 1. The molecule has 2 amide bonds. The number of nitrogens with one attached hydrogen (secondary N) is 2. The highest BCUT2D eigenvalue weighted by Crippen LogP contribution is 2.43. The number of thioether (sulfide) groups is 1. The Morgan fingerprint density at radius 2 is 1.97 bits per heavy atom. The number of allylic oxidation sites excluding steroid dienone is 1. The molecule has 1 heterocycles. The van der Waals surface area contributed by atoms with Crippen molar-refractivity contribution < 1.29 is 19.1 Å². The first kappa shape index (κ1) is 24.6. The van der Waals surface area contributed by atoms with Crippen molar-refractivity contribution in [2.24, 2.45) is 5.92 Å². The van der Waals surface area contributed by atoms with E-state index in [2.05, 4.69) is 16.7 Å². The number of benzene rings is 2. The van der Waals surface area contributed by atoms with Gasteiger partial charge >= 0.3 is 5.97 Å². The van der Waals surface area contributed by atoms with Crippen LogP contribution in [0.3, 0.4) is 0 Å². The molecule has 2 aromatic rings. The number of nitrogens with zero attached hydrogens (tertiary/aromatic N) is 1. The van der Waals surface area contributed by atoms with E-state index in [1.54, 1.807) is 24.3 Å². The molecule has 2 aromatic carbocycles. The van der Waals surface area contributed by atoms with Crippen LogP contribution in [0.15, 0.2) is 53.1 Å². The average Bonchev–Trinajstić information content (AvgIpc) is 2.78. The zero-order chi connectivity index (χ0) is 24.1. The van der Waals surface area contributed by atoms with Crippen molar-refractivity contribution >= 4 is 58.4 Å². The second-order valence-electron chi connectivity index (χ2n) is 7.14. The van der Waals surface area contributed by atoms with Gasteiger partial charge in [0.05, 0.1) is 29.5 Å². The number of ether oxygens (including phenoxy) is 1. The molecule has 2 atom stereocenters. The van der Waals surface area contributed by atoms with Crippen molar-refractivity contribution in [3.63, 3.8) is 0 Å². The molecular weight excluding hydrogens is 485 g/mol. The van der Waals surface area contributed by atoms with E-state index < -0.39 is 23.7 Å². The van der Waals surface area contributed by atoms with E-state index in [1.807, 2.05) is 19.1 Å². The van der Waals surface area contributed by atoms with E-state index in [4.69, 9.17) is 27.9 Å². The van der Waals surface area contributed by atoms with Gasteiger partial charge in [-0.25, -0.2) is 0 Å². The van der Waals surface area contributed by atoms with Crippen LogP contribution in [0, 0.1) is 24.2 Å². The maximum Gasteiger partial charge on any atom is 0.319 e. The van der Waals surface area contributed by atoms with Crippen LogP contribution in [0.2, 0.25) is 10.0 Å². The monoisotopic (exact) mass is 503 g/mol. The second-order valence-corrected chi connectivity index (χ2v) is 8.97. The van der Waals surface area contributed by atoms with Gasteiger partial charge in [-0.1, -0.05) is 59.2 Å². The van der Waals surface area contributed by atoms with Crippen LogP contribution in [0.4, 0.5) is 5.69 Å². The third-order valence-corrected chi connectivity index (χ3v) is 6.63. The quantitative estimate of drug-likeness (QED) is 0.446. The van der Waals surface area contributed by atoms with Crippen LogP contribution in [-0.4, -0.2) is 30.6 Å². The zero-order valence-electron chi connectivity index (χ0n) is 17.6. The molecule has 0 aliphatic carbocycles. The largest absolute Gasteiger partial charge is 0.468 e. The lowest BCUT2D eigenvalue weighted by Gasteiger charge is -2.31. The van der Waals surface area contributed by atoms with Gasteiger partial charge in [0.2, 0.25) is 11.8 Å². The van der Waals surface area contributed by atoms with Crippen LogP contribution < -0.4 is 10.6 Å². The predicted molar refractivity (Wildman–Crippen MR) is 128 cm³/mol. The Hall–Kier alpha value is -2.99. The number of rotatable bonds is 6. The number of aryl methyl sites for hydroxylation is 1. The number of hydrogen-bond donors (Lipinski definition) is 2. The summed E-state index contributed by atoms with van der Waals surface area (Å²) in [4.78, 5) is 37.8. The lowest BCUT2D eigenvalue weighted by atomic mass is 9.78. The summed E-state index contributed by atoms with van der Waals surface area (Å²) in [5.41, 5.74) is 2.05. The lowest BCUT2D eigenvalue weighted by Crippen LogP contribution is -2.44. The summed E-state index contributed by atoms with van der Waals surface area (Å²) < 4.78 is 4.81. The maximum atomic E-state index is 12.9. The van der Waals surface area contributed by atoms with Gasteiger partial charge in [-0.2, -0.15) is 5.26 Å². The van der Waals surface area contributed by atoms with Crippen LogP contribution in [0.1, 0.15) is 17.0 Å². The van der Waals surface area contributed by atoms with E-state index in [-0.39, 0.29) is 27.3 Å². The highest BCUT2D eigenvalue weighted by atomic mass is 35.5. The highest BCUT2D eigenvalue weighted by molar-refractivity contribution is 8.03. The van der Waals surface area contributed by atoms with E-state index in [0.29, 0.717) is 16.3 Å². The van der Waals surface area contributed by atoms with Gasteiger partial charge in [0.15, 0.2) is 0 Å². The molecule has 0 radical (unpaired) electrons. The Balaban J connectivity index is 1.94. The van der Waals surface area contributed by atoms with Gasteiger partial charge < -0.3 is 15.4 Å². The Kier molecular flexibility index (Phi) is 8.03. The van der Waals surface area contributed by atoms with Crippen LogP contribution in [0.25, 0.3) is 0 Å². The summed E-state index contributed by atoms with van der Waals surface area (Å²) in [5.74, 6) is -4.17. The van der Waals surface area contributed by atoms with Gasteiger partial charge in [0.25, 0.3) is 0 Å². The summed E-state index contributed by atoms with van der Waals surface area (Å²) in [5, 5.41) is 16.1. The summed E-state index contributed by atoms with van der Waals surface area (Å²) in [7, 11) is 1.16. The van der Waals surface area contributed by atoms with Crippen LogP contribution >= 0.6 is 35.0 Å². The second kappa shape index (κ2) is 10.8. The molecule has 7 nitrogen and oxygen atoms in total. The summed E-state index contributed by atoms with van der Waals surface area (Å²) >= 11 is 13.3. The summed E-state index contributed by atoms with van der Waals surface area (Å²) in [6.45, 7) is 1.87. The van der Waals surface area contributed by atoms with Crippen molar-refractivity contribution in [2.45, 2.75) is 12.8 Å². The fraction of sp³-hybridized carbons (Fsp3) is 0.217. The molecule has 2 unspecified atom stereocenters. The molecule has 0 spiro atoms. The third-order valence-electron chi connectivity index (χ3n) is 5.05. The molecule has 0 saturated carbocycles. The topological polar surface area (TPSA) is 108 Å². The number of carbonyl (C=O) groups is 3. The fourth-order valence-electron chi connectivity index (χ4n) is 3.45. The van der Waals surface area contributed by atoms with Gasteiger partial charge in [-0.15, -0.1) is 0 Å². The molecule has 0 saturated heterocycles. The minimum absolute atomic E-state index is 0.0703. The van der Waals surface area contributed by atoms with Gasteiger partial charge in [0, 0.05) is 21.7 Å². The van der Waals surface area contributed by atoms with Gasteiger partial charge in [0.1, 0.15) is 5.92 Å². The fourth-order valence-corrected chi connectivity index (χ4v) is 4.82. The van der Waals surface area contributed by atoms with E-state index in [9.17, 15) is 19.6 Å². The third kappa shape index (κ3) is 5.50. The molecule has 0 bridgehead atoms. The molecule has 2 N–H and O–H groups in total. The molecule has 10 heteroatoms. The number of amides is 2. The number of carbonyl (C=O) groups excluding carboxylic acids is 3. The maximum absolute atomic E-state index is 12.9. The number of nitriles is 1. The molecule has 170 valence electrons. The van der Waals surface area contributed by atoms with Gasteiger partial charge in [-0.05, 0) is 36.2 Å². The molecule has 1 aliphatic heterocycles. The highest BCUT2D eigenvalue weighted by Gasteiger charge is 2.45. The van der Waals surface area contributed by atoms with E-state index >= 15 is 0 Å². The zero-order valence-corrected chi connectivity index (χ0v) is 20.0. The number of para-hydroxylation sites is 1. The number of hydrogen-bond acceptors (Lipinski definition) is 6. The first-order valence-electron chi connectivity index (χ1n) is 9.73. The van der Waals surface area contributed by atoms with Crippen molar-refractivity contribution in [1.82, 2.24) is 5.32 Å². The minimum atomic E-state index is -1.33. The molecular formula is C23H19Cl2N3O4S. The van der Waals surface area contributed by atoms with Crippen molar-refractivity contribution in [3.8, 4) is 6.07 Å². The molecule has 3 rings (SSSR count). The smallest absolute Gasteiger partial charge is 0.319 e.